The predicted octanol–water partition coefficient (Wildman–Crippen LogP) is 3.45. The van der Waals surface area contributed by atoms with Crippen molar-refractivity contribution in [2.75, 3.05) is 6.54 Å². The third kappa shape index (κ3) is 5.45. The molecule has 2 fully saturated rings. The second-order valence-electron chi connectivity index (χ2n) is 11.2. The number of likely N-dealkylation sites (tertiary alicyclic amines) is 1. The molecule has 10 heteroatoms. The summed E-state index contributed by atoms with van der Waals surface area (Å²) in [6.07, 6.45) is 3.52. The molecule has 2 aliphatic rings. The van der Waals surface area contributed by atoms with Crippen LogP contribution in [0.3, 0.4) is 0 Å². The van der Waals surface area contributed by atoms with E-state index in [1.165, 1.54) is 4.90 Å². The van der Waals surface area contributed by atoms with Crippen LogP contribution in [-0.4, -0.2) is 60.5 Å². The van der Waals surface area contributed by atoms with Crippen LogP contribution in [0.1, 0.15) is 68.9 Å². The molecule has 5 rings (SSSR count). The zero-order valence-electron chi connectivity index (χ0n) is 21.7. The maximum atomic E-state index is 13.8. The Morgan fingerprint density at radius 3 is 2.57 bits per heavy atom. The Morgan fingerprint density at radius 2 is 1.95 bits per heavy atom. The molecule has 1 saturated heterocycles. The number of hydrogen-bond acceptors (Lipinski definition) is 7. The first kappa shape index (κ1) is 25.5. The summed E-state index contributed by atoms with van der Waals surface area (Å²) in [6, 6.07) is 6.66. The summed E-state index contributed by atoms with van der Waals surface area (Å²) in [4.78, 5) is 34.0. The summed E-state index contributed by atoms with van der Waals surface area (Å²) in [5.41, 5.74) is 5.34. The van der Waals surface area contributed by atoms with Crippen molar-refractivity contribution < 1.29 is 14.7 Å². The van der Waals surface area contributed by atoms with Crippen LogP contribution in [0.5, 0.6) is 0 Å². The van der Waals surface area contributed by atoms with E-state index in [1.54, 1.807) is 16.0 Å². The van der Waals surface area contributed by atoms with Gasteiger partial charge in [0.2, 0.25) is 11.8 Å². The SMILES string of the molecule is Cc1ncsc1-c1ccc(CNC(=O)C2CC(O)CN2C(=O)C(n2cc(C3CC3)nn2)C(C)(C)C)cc1. The zero-order valence-corrected chi connectivity index (χ0v) is 22.5. The van der Waals surface area contributed by atoms with Gasteiger partial charge in [0.1, 0.15) is 12.1 Å². The standard InChI is InChI=1S/C27H34N6O3S/c1-16-23(37-15-29-16)19-7-5-17(6-8-19)12-28-25(35)22-11-20(34)13-32(22)26(36)24(27(2,3)4)33-14-21(30-31-33)18-9-10-18/h5-8,14-15,18,20,22,24,34H,9-13H2,1-4H3,(H,28,35). The number of amides is 2. The van der Waals surface area contributed by atoms with Crippen molar-refractivity contribution in [3.8, 4) is 10.4 Å². The van der Waals surface area contributed by atoms with Gasteiger partial charge in [-0.3, -0.25) is 9.59 Å². The van der Waals surface area contributed by atoms with Crippen molar-refractivity contribution in [3.05, 3.63) is 52.9 Å². The van der Waals surface area contributed by atoms with Gasteiger partial charge in [0.15, 0.2) is 0 Å². The van der Waals surface area contributed by atoms with Crippen LogP contribution in [0, 0.1) is 12.3 Å². The number of β-amino-alcohol motifs (C(OH)–C–C–N with tert-alkyl or cyclic N) is 1. The molecular formula is C27H34N6O3S. The Balaban J connectivity index is 1.28. The molecule has 1 aromatic carbocycles. The van der Waals surface area contributed by atoms with Gasteiger partial charge in [-0.1, -0.05) is 50.3 Å². The summed E-state index contributed by atoms with van der Waals surface area (Å²) >= 11 is 1.60. The summed E-state index contributed by atoms with van der Waals surface area (Å²) in [6.45, 7) is 8.39. The minimum atomic E-state index is -0.750. The molecular weight excluding hydrogens is 488 g/mol. The van der Waals surface area contributed by atoms with E-state index in [4.69, 9.17) is 0 Å². The number of carbonyl (C=O) groups is 2. The molecule has 1 aliphatic heterocycles. The molecule has 1 saturated carbocycles. The first-order valence-electron chi connectivity index (χ1n) is 12.8. The number of benzene rings is 1. The molecule has 9 nitrogen and oxygen atoms in total. The fourth-order valence-corrected chi connectivity index (χ4v) is 5.80. The Labute approximate surface area is 220 Å². The van der Waals surface area contributed by atoms with Crippen LogP contribution >= 0.6 is 11.3 Å². The molecule has 0 bridgehead atoms. The maximum absolute atomic E-state index is 13.8. The maximum Gasteiger partial charge on any atom is 0.248 e. The minimum Gasteiger partial charge on any atom is -0.391 e. The van der Waals surface area contributed by atoms with E-state index in [0.717, 1.165) is 40.2 Å². The highest BCUT2D eigenvalue weighted by Crippen LogP contribution is 2.40. The zero-order chi connectivity index (χ0) is 26.3. The smallest absolute Gasteiger partial charge is 0.248 e. The van der Waals surface area contributed by atoms with Crippen molar-refractivity contribution in [1.82, 2.24) is 30.2 Å². The number of nitrogens with zero attached hydrogens (tertiary/aromatic N) is 5. The van der Waals surface area contributed by atoms with Crippen LogP contribution in [0.4, 0.5) is 0 Å². The minimum absolute atomic E-state index is 0.122. The van der Waals surface area contributed by atoms with Gasteiger partial charge in [0, 0.05) is 31.6 Å². The van der Waals surface area contributed by atoms with Crippen LogP contribution in [0.25, 0.3) is 10.4 Å². The first-order chi connectivity index (χ1) is 17.6. The summed E-state index contributed by atoms with van der Waals surface area (Å²) in [7, 11) is 0. The third-order valence-corrected chi connectivity index (χ3v) is 8.11. The molecule has 3 heterocycles. The number of thiazole rings is 1. The molecule has 3 unspecified atom stereocenters. The van der Waals surface area contributed by atoms with E-state index in [2.05, 4.69) is 20.6 Å². The Kier molecular flexibility index (Phi) is 6.89. The van der Waals surface area contributed by atoms with E-state index in [-0.39, 0.29) is 24.8 Å². The molecule has 1 aliphatic carbocycles. The molecule has 3 aromatic rings. The van der Waals surface area contributed by atoms with Crippen molar-refractivity contribution in [2.45, 2.75) is 77.6 Å². The monoisotopic (exact) mass is 522 g/mol. The molecule has 2 amide bonds. The number of aliphatic hydroxyl groups excluding tert-OH is 1. The molecule has 37 heavy (non-hydrogen) atoms. The van der Waals surface area contributed by atoms with Gasteiger partial charge in [-0.25, -0.2) is 9.67 Å². The van der Waals surface area contributed by atoms with Crippen LogP contribution < -0.4 is 5.32 Å². The fourth-order valence-electron chi connectivity index (χ4n) is 4.99. The van der Waals surface area contributed by atoms with Gasteiger partial charge in [0.25, 0.3) is 0 Å². The van der Waals surface area contributed by atoms with Crippen LogP contribution in [-0.2, 0) is 16.1 Å². The van der Waals surface area contributed by atoms with Gasteiger partial charge >= 0.3 is 0 Å². The summed E-state index contributed by atoms with van der Waals surface area (Å²) < 4.78 is 1.64. The number of hydrogen-bond donors (Lipinski definition) is 2. The van der Waals surface area contributed by atoms with E-state index in [1.807, 2.05) is 63.7 Å². The Bertz CT molecular complexity index is 1270. The first-order valence-corrected chi connectivity index (χ1v) is 13.7. The van der Waals surface area contributed by atoms with E-state index in [0.29, 0.717) is 12.5 Å². The summed E-state index contributed by atoms with van der Waals surface area (Å²) in [5.74, 6) is -0.0606. The number of rotatable bonds is 7. The molecule has 0 radical (unpaired) electrons. The topological polar surface area (TPSA) is 113 Å². The van der Waals surface area contributed by atoms with Gasteiger partial charge in [-0.05, 0) is 36.3 Å². The Hall–Kier alpha value is -3.11. The average molecular weight is 523 g/mol. The molecule has 0 spiro atoms. The lowest BCUT2D eigenvalue weighted by molar-refractivity contribution is -0.144. The lowest BCUT2D eigenvalue weighted by Gasteiger charge is -2.34. The van der Waals surface area contributed by atoms with E-state index >= 15 is 0 Å². The third-order valence-electron chi connectivity index (χ3n) is 7.14. The second kappa shape index (κ2) is 9.98. The normalized spacial score (nSPS) is 20.7. The molecule has 2 N–H and O–H groups in total. The largest absolute Gasteiger partial charge is 0.391 e. The van der Waals surface area contributed by atoms with Gasteiger partial charge in [-0.2, -0.15) is 0 Å². The fraction of sp³-hybridized carbons (Fsp3) is 0.519. The molecule has 3 atom stereocenters. The number of nitrogens with one attached hydrogen (secondary N) is 1. The van der Waals surface area contributed by atoms with Crippen molar-refractivity contribution >= 4 is 23.2 Å². The van der Waals surface area contributed by atoms with Crippen LogP contribution in [0.2, 0.25) is 0 Å². The highest BCUT2D eigenvalue weighted by atomic mass is 32.1. The molecule has 2 aromatic heterocycles. The van der Waals surface area contributed by atoms with E-state index in [9.17, 15) is 14.7 Å². The second-order valence-corrected chi connectivity index (χ2v) is 12.1. The number of aromatic nitrogens is 4. The van der Waals surface area contributed by atoms with Crippen molar-refractivity contribution in [3.63, 3.8) is 0 Å². The quantitative estimate of drug-likeness (QED) is 0.491. The highest BCUT2D eigenvalue weighted by Gasteiger charge is 2.45. The predicted molar refractivity (Wildman–Crippen MR) is 141 cm³/mol. The Morgan fingerprint density at radius 1 is 1.22 bits per heavy atom. The number of aliphatic hydroxyl groups is 1. The van der Waals surface area contributed by atoms with Crippen molar-refractivity contribution in [1.29, 1.82) is 0 Å². The van der Waals surface area contributed by atoms with Crippen LogP contribution in [0.15, 0.2) is 36.0 Å². The van der Waals surface area contributed by atoms with E-state index < -0.39 is 23.6 Å². The lowest BCUT2D eigenvalue weighted by Crippen LogP contribution is -2.50. The van der Waals surface area contributed by atoms with Gasteiger partial charge in [-0.15, -0.1) is 16.4 Å². The molecule has 196 valence electrons. The van der Waals surface area contributed by atoms with Crippen molar-refractivity contribution in [2.24, 2.45) is 5.41 Å². The average Bonchev–Trinajstić information content (AvgIpc) is 3.22. The number of carbonyl (C=O) groups excluding carboxylic acids is 2. The van der Waals surface area contributed by atoms with Gasteiger partial charge in [0.05, 0.1) is 27.9 Å². The summed E-state index contributed by atoms with van der Waals surface area (Å²) in [5, 5.41) is 22.0. The lowest BCUT2D eigenvalue weighted by atomic mass is 9.85. The number of aryl methyl sites for hydroxylation is 1. The highest BCUT2D eigenvalue weighted by molar-refractivity contribution is 7.13. The van der Waals surface area contributed by atoms with Gasteiger partial charge < -0.3 is 15.3 Å².